The van der Waals surface area contributed by atoms with E-state index in [1.54, 1.807) is 12.1 Å². The zero-order valence-electron chi connectivity index (χ0n) is 15.4. The van der Waals surface area contributed by atoms with E-state index < -0.39 is 10.0 Å². The molecule has 0 saturated carbocycles. The standard InChI is InChI=1S/C19H23N3O3S/c1-13-10-17(25-4)18(11-14(13)2)26(23,24)20-9-8-16-12-22-15(3)6-5-7-19(22)21-16/h5-7,10-12,20H,8-9H2,1-4H3. The summed E-state index contributed by atoms with van der Waals surface area (Å²) in [4.78, 5) is 4.69. The number of pyridine rings is 1. The third kappa shape index (κ3) is 3.59. The number of ether oxygens (including phenoxy) is 1. The van der Waals surface area contributed by atoms with E-state index in [4.69, 9.17) is 4.74 Å². The number of aromatic nitrogens is 2. The molecule has 0 fully saturated rings. The van der Waals surface area contributed by atoms with Crippen molar-refractivity contribution in [3.05, 3.63) is 59.0 Å². The van der Waals surface area contributed by atoms with Crippen molar-refractivity contribution in [1.82, 2.24) is 14.1 Å². The Balaban J connectivity index is 1.76. The molecule has 3 rings (SSSR count). The van der Waals surface area contributed by atoms with E-state index >= 15 is 0 Å². The van der Waals surface area contributed by atoms with Crippen molar-refractivity contribution in [3.8, 4) is 5.75 Å². The predicted molar refractivity (Wildman–Crippen MR) is 101 cm³/mol. The molecular formula is C19H23N3O3S. The van der Waals surface area contributed by atoms with E-state index in [1.165, 1.54) is 7.11 Å². The first-order valence-corrected chi connectivity index (χ1v) is 9.88. The van der Waals surface area contributed by atoms with Crippen LogP contribution in [-0.2, 0) is 16.4 Å². The number of nitrogens with one attached hydrogen (secondary N) is 1. The second-order valence-corrected chi connectivity index (χ2v) is 8.10. The minimum Gasteiger partial charge on any atom is -0.495 e. The molecule has 7 heteroatoms. The molecule has 2 aromatic heterocycles. The SMILES string of the molecule is COc1cc(C)c(C)cc1S(=O)(=O)NCCc1cn2c(C)cccc2n1. The molecule has 0 radical (unpaired) electrons. The van der Waals surface area contributed by atoms with Crippen LogP contribution in [-0.4, -0.2) is 31.5 Å². The van der Waals surface area contributed by atoms with Gasteiger partial charge in [-0.05, 0) is 56.2 Å². The molecule has 0 bridgehead atoms. The molecule has 0 aliphatic rings. The van der Waals surface area contributed by atoms with Gasteiger partial charge in [0, 0.05) is 24.9 Å². The third-order valence-electron chi connectivity index (χ3n) is 4.49. The molecule has 0 aliphatic carbocycles. The summed E-state index contributed by atoms with van der Waals surface area (Å²) < 4.78 is 35.2. The maximum absolute atomic E-state index is 12.7. The van der Waals surface area contributed by atoms with Crippen LogP contribution in [0.3, 0.4) is 0 Å². The van der Waals surface area contributed by atoms with Crippen molar-refractivity contribution < 1.29 is 13.2 Å². The Morgan fingerprint density at radius 1 is 1.15 bits per heavy atom. The fourth-order valence-corrected chi connectivity index (χ4v) is 4.11. The highest BCUT2D eigenvalue weighted by atomic mass is 32.2. The molecule has 1 aromatic carbocycles. The molecule has 0 unspecified atom stereocenters. The number of hydrogen-bond acceptors (Lipinski definition) is 4. The highest BCUT2D eigenvalue weighted by molar-refractivity contribution is 7.89. The quantitative estimate of drug-likeness (QED) is 0.721. The van der Waals surface area contributed by atoms with Gasteiger partial charge in [-0.25, -0.2) is 18.1 Å². The zero-order chi connectivity index (χ0) is 18.9. The molecule has 0 saturated heterocycles. The smallest absolute Gasteiger partial charge is 0.244 e. The van der Waals surface area contributed by atoms with Crippen molar-refractivity contribution in [2.24, 2.45) is 0 Å². The molecule has 3 aromatic rings. The van der Waals surface area contributed by atoms with Crippen molar-refractivity contribution in [1.29, 1.82) is 0 Å². The van der Waals surface area contributed by atoms with Crippen LogP contribution in [0.4, 0.5) is 0 Å². The van der Waals surface area contributed by atoms with Gasteiger partial charge in [-0.2, -0.15) is 0 Å². The van der Waals surface area contributed by atoms with Crippen molar-refractivity contribution in [3.63, 3.8) is 0 Å². The summed E-state index contributed by atoms with van der Waals surface area (Å²) >= 11 is 0. The van der Waals surface area contributed by atoms with E-state index in [1.807, 2.05) is 49.6 Å². The van der Waals surface area contributed by atoms with Crippen molar-refractivity contribution in [2.45, 2.75) is 32.1 Å². The van der Waals surface area contributed by atoms with Gasteiger partial charge in [0.05, 0.1) is 12.8 Å². The van der Waals surface area contributed by atoms with E-state index in [0.717, 1.165) is 28.2 Å². The normalized spacial score (nSPS) is 11.8. The largest absolute Gasteiger partial charge is 0.495 e. The van der Waals surface area contributed by atoms with Crippen LogP contribution in [0.5, 0.6) is 5.75 Å². The number of fused-ring (bicyclic) bond motifs is 1. The zero-order valence-corrected chi connectivity index (χ0v) is 16.2. The summed E-state index contributed by atoms with van der Waals surface area (Å²) in [5.74, 6) is 0.351. The van der Waals surface area contributed by atoms with Gasteiger partial charge in [0.25, 0.3) is 0 Å². The number of aryl methyl sites for hydroxylation is 3. The summed E-state index contributed by atoms with van der Waals surface area (Å²) in [5.41, 5.74) is 4.68. The third-order valence-corrected chi connectivity index (χ3v) is 5.97. The van der Waals surface area contributed by atoms with Gasteiger partial charge in [-0.3, -0.25) is 0 Å². The molecule has 0 spiro atoms. The van der Waals surface area contributed by atoms with Gasteiger partial charge in [0.1, 0.15) is 16.3 Å². The second-order valence-electron chi connectivity index (χ2n) is 6.36. The lowest BCUT2D eigenvalue weighted by Gasteiger charge is -2.13. The molecular weight excluding hydrogens is 350 g/mol. The first kappa shape index (κ1) is 18.4. The number of sulfonamides is 1. The summed E-state index contributed by atoms with van der Waals surface area (Å²) in [6.45, 7) is 6.08. The maximum Gasteiger partial charge on any atom is 0.244 e. The van der Waals surface area contributed by atoms with Crippen molar-refractivity contribution >= 4 is 15.7 Å². The van der Waals surface area contributed by atoms with Crippen LogP contribution >= 0.6 is 0 Å². The highest BCUT2D eigenvalue weighted by Crippen LogP contribution is 2.27. The Morgan fingerprint density at radius 2 is 1.88 bits per heavy atom. The molecule has 26 heavy (non-hydrogen) atoms. The molecule has 2 heterocycles. The van der Waals surface area contributed by atoms with Gasteiger partial charge >= 0.3 is 0 Å². The fraction of sp³-hybridized carbons (Fsp3) is 0.316. The van der Waals surface area contributed by atoms with E-state index in [-0.39, 0.29) is 11.4 Å². The Bertz CT molecular complexity index is 1060. The molecule has 0 aliphatic heterocycles. The molecule has 6 nitrogen and oxygen atoms in total. The highest BCUT2D eigenvalue weighted by Gasteiger charge is 2.20. The second kappa shape index (κ2) is 7.09. The monoisotopic (exact) mass is 373 g/mol. The molecule has 1 N–H and O–H groups in total. The van der Waals surface area contributed by atoms with Crippen LogP contribution in [0.1, 0.15) is 22.5 Å². The summed E-state index contributed by atoms with van der Waals surface area (Å²) in [6.07, 6.45) is 2.45. The van der Waals surface area contributed by atoms with Gasteiger partial charge in [-0.15, -0.1) is 0 Å². The Morgan fingerprint density at radius 3 is 2.58 bits per heavy atom. The van der Waals surface area contributed by atoms with Crippen LogP contribution in [0, 0.1) is 20.8 Å². The minimum absolute atomic E-state index is 0.161. The number of methoxy groups -OCH3 is 1. The molecule has 0 amide bonds. The lowest BCUT2D eigenvalue weighted by Crippen LogP contribution is -2.26. The maximum atomic E-state index is 12.7. The predicted octanol–water partition coefficient (Wildman–Crippen LogP) is 2.79. The number of imidazole rings is 1. The van der Waals surface area contributed by atoms with E-state index in [9.17, 15) is 8.42 Å². The summed E-state index contributed by atoms with van der Waals surface area (Å²) in [6, 6.07) is 9.28. The molecule has 0 atom stereocenters. The fourth-order valence-electron chi connectivity index (χ4n) is 2.84. The first-order valence-electron chi connectivity index (χ1n) is 8.40. The number of rotatable bonds is 6. The van der Waals surface area contributed by atoms with Crippen LogP contribution in [0.15, 0.2) is 41.4 Å². The Labute approximate surface area is 153 Å². The van der Waals surface area contributed by atoms with Gasteiger partial charge in [0.15, 0.2) is 0 Å². The number of nitrogens with zero attached hydrogens (tertiary/aromatic N) is 2. The average molecular weight is 373 g/mol. The molecule has 138 valence electrons. The van der Waals surface area contributed by atoms with E-state index in [0.29, 0.717) is 12.2 Å². The van der Waals surface area contributed by atoms with Gasteiger partial charge < -0.3 is 9.14 Å². The Hall–Kier alpha value is -2.38. The minimum atomic E-state index is -3.66. The summed E-state index contributed by atoms with van der Waals surface area (Å²) in [7, 11) is -2.19. The van der Waals surface area contributed by atoms with Crippen LogP contribution in [0.25, 0.3) is 5.65 Å². The Kier molecular flexibility index (Phi) is 5.02. The van der Waals surface area contributed by atoms with Crippen LogP contribution in [0.2, 0.25) is 0 Å². The average Bonchev–Trinajstić information content (AvgIpc) is 3.01. The lowest BCUT2D eigenvalue weighted by atomic mass is 10.1. The topological polar surface area (TPSA) is 72.7 Å². The van der Waals surface area contributed by atoms with Crippen molar-refractivity contribution in [2.75, 3.05) is 13.7 Å². The lowest BCUT2D eigenvalue weighted by molar-refractivity contribution is 0.402. The number of hydrogen-bond donors (Lipinski definition) is 1. The van der Waals surface area contributed by atoms with Crippen LogP contribution < -0.4 is 9.46 Å². The summed E-state index contributed by atoms with van der Waals surface area (Å²) in [5, 5.41) is 0. The first-order chi connectivity index (χ1) is 12.3. The van der Waals surface area contributed by atoms with Gasteiger partial charge in [0.2, 0.25) is 10.0 Å². The van der Waals surface area contributed by atoms with Gasteiger partial charge in [-0.1, -0.05) is 6.07 Å². The number of benzene rings is 1. The van der Waals surface area contributed by atoms with E-state index in [2.05, 4.69) is 9.71 Å².